The normalized spacial score (nSPS) is 22.8. The van der Waals surface area contributed by atoms with Crippen molar-refractivity contribution in [3.63, 3.8) is 0 Å². The van der Waals surface area contributed by atoms with Crippen LogP contribution in [0.3, 0.4) is 0 Å². The summed E-state index contributed by atoms with van der Waals surface area (Å²) in [5.74, 6) is 1.01. The minimum atomic E-state index is -0.319. The Bertz CT molecular complexity index is 279. The molecule has 1 rings (SSSR count). The van der Waals surface area contributed by atoms with Crippen LogP contribution >= 0.6 is 0 Å². The Balaban J connectivity index is 2.18. The minimum Gasteiger partial charge on any atom is -0.393 e. The molecule has 0 aliphatic carbocycles. The van der Waals surface area contributed by atoms with Crippen molar-refractivity contribution in [2.45, 2.75) is 59.2 Å². The average molecular weight is 271 g/mol. The maximum absolute atomic E-state index is 12.0. The molecule has 4 heteroatoms. The summed E-state index contributed by atoms with van der Waals surface area (Å²) < 4.78 is 5.66. The Morgan fingerprint density at radius 3 is 2.58 bits per heavy atom. The van der Waals surface area contributed by atoms with E-state index in [0.29, 0.717) is 25.5 Å². The minimum absolute atomic E-state index is 0.153. The fourth-order valence-corrected chi connectivity index (χ4v) is 2.65. The van der Waals surface area contributed by atoms with Crippen LogP contribution in [0.1, 0.15) is 47.0 Å². The van der Waals surface area contributed by atoms with Gasteiger partial charge in [0.1, 0.15) is 0 Å². The van der Waals surface area contributed by atoms with E-state index in [2.05, 4.69) is 20.8 Å². The topological polar surface area (TPSA) is 49.8 Å². The van der Waals surface area contributed by atoms with Gasteiger partial charge in [0, 0.05) is 19.0 Å². The summed E-state index contributed by atoms with van der Waals surface area (Å²) in [6, 6.07) is 0. The number of aliphatic hydroxyl groups excluding tert-OH is 1. The lowest BCUT2D eigenvalue weighted by Crippen LogP contribution is -2.31. The summed E-state index contributed by atoms with van der Waals surface area (Å²) in [4.78, 5) is 13.8. The molecule has 1 saturated heterocycles. The molecule has 112 valence electrons. The molecule has 1 N–H and O–H groups in total. The molecule has 0 aromatic carbocycles. The van der Waals surface area contributed by atoms with E-state index >= 15 is 0 Å². The highest BCUT2D eigenvalue weighted by Crippen LogP contribution is 2.20. The van der Waals surface area contributed by atoms with Crippen molar-refractivity contribution in [2.24, 2.45) is 11.8 Å². The molecule has 0 radical (unpaired) electrons. The number of hydrogen-bond acceptors (Lipinski definition) is 3. The highest BCUT2D eigenvalue weighted by molar-refractivity contribution is 5.76. The van der Waals surface area contributed by atoms with Crippen LogP contribution in [0.4, 0.5) is 0 Å². The van der Waals surface area contributed by atoms with Crippen molar-refractivity contribution >= 4 is 5.91 Å². The fraction of sp³-hybridized carbons (Fsp3) is 0.933. The van der Waals surface area contributed by atoms with E-state index in [9.17, 15) is 9.90 Å². The molecule has 1 amide bonds. The molecule has 1 heterocycles. The summed E-state index contributed by atoms with van der Waals surface area (Å²) in [6.45, 7) is 10.2. The second-order valence-electron chi connectivity index (χ2n) is 6.19. The van der Waals surface area contributed by atoms with E-state index in [0.717, 1.165) is 19.4 Å². The van der Waals surface area contributed by atoms with E-state index < -0.39 is 0 Å². The van der Waals surface area contributed by atoms with Crippen LogP contribution in [0, 0.1) is 11.8 Å². The van der Waals surface area contributed by atoms with Crippen molar-refractivity contribution < 1.29 is 14.6 Å². The predicted molar refractivity (Wildman–Crippen MR) is 75.9 cm³/mol. The third-order valence-electron chi connectivity index (χ3n) is 3.78. The van der Waals surface area contributed by atoms with Crippen LogP contribution in [-0.2, 0) is 9.53 Å². The highest BCUT2D eigenvalue weighted by Gasteiger charge is 2.28. The zero-order valence-corrected chi connectivity index (χ0v) is 12.8. The molecule has 3 atom stereocenters. The molecule has 0 bridgehead atoms. The number of aliphatic hydroxyl groups is 1. The third kappa shape index (κ3) is 5.91. The quantitative estimate of drug-likeness (QED) is 0.771. The Morgan fingerprint density at radius 1 is 1.37 bits per heavy atom. The Hall–Kier alpha value is -0.610. The van der Waals surface area contributed by atoms with Gasteiger partial charge in [0.2, 0.25) is 5.91 Å². The van der Waals surface area contributed by atoms with E-state index in [-0.39, 0.29) is 24.0 Å². The van der Waals surface area contributed by atoms with Gasteiger partial charge in [-0.05, 0) is 32.6 Å². The summed E-state index contributed by atoms with van der Waals surface area (Å²) in [5.41, 5.74) is 0. The number of nitrogens with zero attached hydrogens (tertiary/aromatic N) is 1. The zero-order chi connectivity index (χ0) is 14.4. The molecule has 0 spiro atoms. The van der Waals surface area contributed by atoms with Crippen LogP contribution in [0.2, 0.25) is 0 Å². The van der Waals surface area contributed by atoms with Gasteiger partial charge in [-0.1, -0.05) is 13.8 Å². The second-order valence-corrected chi connectivity index (χ2v) is 6.19. The van der Waals surface area contributed by atoms with Crippen molar-refractivity contribution in [2.75, 3.05) is 19.7 Å². The summed E-state index contributed by atoms with van der Waals surface area (Å²) in [7, 11) is 0. The number of carbonyl (C=O) groups is 1. The van der Waals surface area contributed by atoms with Crippen LogP contribution in [-0.4, -0.2) is 47.8 Å². The first-order chi connectivity index (χ1) is 8.90. The van der Waals surface area contributed by atoms with Crippen molar-refractivity contribution in [1.82, 2.24) is 4.90 Å². The third-order valence-corrected chi connectivity index (χ3v) is 3.78. The number of hydrogen-bond donors (Lipinski definition) is 1. The monoisotopic (exact) mass is 271 g/mol. The van der Waals surface area contributed by atoms with E-state index in [1.165, 1.54) is 0 Å². The second kappa shape index (κ2) is 7.85. The Kier molecular flexibility index (Phi) is 6.80. The van der Waals surface area contributed by atoms with Gasteiger partial charge in [-0.3, -0.25) is 4.79 Å². The lowest BCUT2D eigenvalue weighted by molar-refractivity contribution is -0.132. The van der Waals surface area contributed by atoms with Gasteiger partial charge in [0.25, 0.3) is 0 Å². The van der Waals surface area contributed by atoms with Gasteiger partial charge in [-0.15, -0.1) is 0 Å². The van der Waals surface area contributed by atoms with Crippen LogP contribution < -0.4 is 0 Å². The maximum Gasteiger partial charge on any atom is 0.224 e. The molecule has 0 aromatic rings. The van der Waals surface area contributed by atoms with E-state index in [4.69, 9.17) is 4.74 Å². The summed E-state index contributed by atoms with van der Waals surface area (Å²) in [6.07, 6.45) is 2.29. The molecule has 1 aliphatic heterocycles. The van der Waals surface area contributed by atoms with Crippen molar-refractivity contribution in [1.29, 1.82) is 0 Å². The average Bonchev–Trinajstić information content (AvgIpc) is 2.76. The van der Waals surface area contributed by atoms with Crippen LogP contribution in [0.25, 0.3) is 0 Å². The first-order valence-corrected chi connectivity index (χ1v) is 7.47. The smallest absolute Gasteiger partial charge is 0.224 e. The molecule has 1 fully saturated rings. The molecule has 4 nitrogen and oxygen atoms in total. The maximum atomic E-state index is 12.0. The van der Waals surface area contributed by atoms with Gasteiger partial charge < -0.3 is 14.7 Å². The van der Waals surface area contributed by atoms with Gasteiger partial charge in [0.05, 0.1) is 25.2 Å². The molecular weight excluding hydrogens is 242 g/mol. The summed E-state index contributed by atoms with van der Waals surface area (Å²) in [5, 5.41) is 9.52. The van der Waals surface area contributed by atoms with Gasteiger partial charge in [-0.25, -0.2) is 0 Å². The standard InChI is InChI=1S/C15H29NO3/c1-11(2)9-12(3)19-8-6-15(18)16-7-5-14(10-16)13(4)17/h11-14,17H,5-10H2,1-4H3. The first-order valence-electron chi connectivity index (χ1n) is 7.47. The van der Waals surface area contributed by atoms with Crippen LogP contribution in [0.5, 0.6) is 0 Å². The molecular formula is C15H29NO3. The van der Waals surface area contributed by atoms with Gasteiger partial charge >= 0.3 is 0 Å². The zero-order valence-electron chi connectivity index (χ0n) is 12.8. The number of amides is 1. The lowest BCUT2D eigenvalue weighted by atomic mass is 10.0. The number of rotatable bonds is 7. The van der Waals surface area contributed by atoms with Crippen molar-refractivity contribution in [3.8, 4) is 0 Å². The molecule has 0 aromatic heterocycles. The largest absolute Gasteiger partial charge is 0.393 e. The number of carbonyl (C=O) groups excluding carboxylic acids is 1. The predicted octanol–water partition coefficient (Wildman–Crippen LogP) is 2.06. The molecule has 3 unspecified atom stereocenters. The number of ether oxygens (including phenoxy) is 1. The summed E-state index contributed by atoms with van der Waals surface area (Å²) >= 11 is 0. The highest BCUT2D eigenvalue weighted by atomic mass is 16.5. The Morgan fingerprint density at radius 2 is 2.05 bits per heavy atom. The van der Waals surface area contributed by atoms with Gasteiger partial charge in [0.15, 0.2) is 0 Å². The molecule has 19 heavy (non-hydrogen) atoms. The SMILES string of the molecule is CC(C)CC(C)OCCC(=O)N1CCC(C(C)O)C1. The van der Waals surface area contributed by atoms with Crippen molar-refractivity contribution in [3.05, 3.63) is 0 Å². The first kappa shape index (κ1) is 16.4. The molecule has 1 aliphatic rings. The lowest BCUT2D eigenvalue weighted by Gasteiger charge is -2.19. The Labute approximate surface area is 117 Å². The molecule has 0 saturated carbocycles. The number of likely N-dealkylation sites (tertiary alicyclic amines) is 1. The fourth-order valence-electron chi connectivity index (χ4n) is 2.65. The van der Waals surface area contributed by atoms with Gasteiger partial charge in [-0.2, -0.15) is 0 Å². The van der Waals surface area contributed by atoms with Crippen LogP contribution in [0.15, 0.2) is 0 Å². The van der Waals surface area contributed by atoms with E-state index in [1.807, 2.05) is 4.90 Å². The van der Waals surface area contributed by atoms with E-state index in [1.54, 1.807) is 6.92 Å².